The zero-order chi connectivity index (χ0) is 16.1. The molecule has 2 N–H and O–H groups in total. The maximum atomic E-state index is 11.9. The van der Waals surface area contributed by atoms with E-state index in [2.05, 4.69) is 5.32 Å². The summed E-state index contributed by atoms with van der Waals surface area (Å²) in [5.41, 5.74) is 0. The van der Waals surface area contributed by atoms with E-state index >= 15 is 0 Å². The molecule has 124 valence electrons. The Labute approximate surface area is 129 Å². The largest absolute Gasteiger partial charge is 0.481 e. The number of ether oxygens (including phenoxy) is 1. The SMILES string of the molecule is COCCNC(=O)N1CCC(N2CC(C(=O)O)CC2=O)CC1. The molecular weight excluding hydrogens is 290 g/mol. The molecule has 2 aliphatic heterocycles. The van der Waals surface area contributed by atoms with Gasteiger partial charge in [0.2, 0.25) is 5.91 Å². The fourth-order valence-electron chi connectivity index (χ4n) is 3.00. The first-order valence-corrected chi connectivity index (χ1v) is 7.57. The quantitative estimate of drug-likeness (QED) is 0.681. The first kappa shape index (κ1) is 16.5. The van der Waals surface area contributed by atoms with E-state index < -0.39 is 11.9 Å². The highest BCUT2D eigenvalue weighted by atomic mass is 16.5. The molecule has 2 saturated heterocycles. The third-order valence-electron chi connectivity index (χ3n) is 4.28. The summed E-state index contributed by atoms with van der Waals surface area (Å²) in [7, 11) is 1.58. The van der Waals surface area contributed by atoms with E-state index in [0.29, 0.717) is 45.6 Å². The summed E-state index contributed by atoms with van der Waals surface area (Å²) in [6, 6.07) is -0.0773. The Morgan fingerprint density at radius 1 is 1.36 bits per heavy atom. The average molecular weight is 313 g/mol. The standard InChI is InChI=1S/C14H23N3O5/c1-22-7-4-15-14(21)16-5-2-11(3-6-16)17-9-10(13(19)20)8-12(17)18/h10-11H,2-9H2,1H3,(H,15,21)(H,19,20). The third kappa shape index (κ3) is 3.88. The number of hydrogen-bond acceptors (Lipinski definition) is 4. The van der Waals surface area contributed by atoms with E-state index in [0.717, 1.165) is 0 Å². The Morgan fingerprint density at radius 3 is 2.59 bits per heavy atom. The molecule has 2 aliphatic rings. The van der Waals surface area contributed by atoms with Crippen LogP contribution in [0.4, 0.5) is 4.79 Å². The number of nitrogens with one attached hydrogen (secondary N) is 1. The van der Waals surface area contributed by atoms with Crippen molar-refractivity contribution in [3.05, 3.63) is 0 Å². The number of nitrogens with zero attached hydrogens (tertiary/aromatic N) is 2. The molecule has 0 saturated carbocycles. The minimum Gasteiger partial charge on any atom is -0.481 e. The summed E-state index contributed by atoms with van der Waals surface area (Å²) in [5.74, 6) is -1.59. The normalized spacial score (nSPS) is 23.0. The zero-order valence-electron chi connectivity index (χ0n) is 12.8. The second kappa shape index (κ2) is 7.44. The summed E-state index contributed by atoms with van der Waals surface area (Å²) in [4.78, 5) is 38.2. The van der Waals surface area contributed by atoms with E-state index in [1.54, 1.807) is 16.9 Å². The van der Waals surface area contributed by atoms with Crippen LogP contribution in [-0.4, -0.2) is 78.8 Å². The number of carbonyl (C=O) groups is 3. The smallest absolute Gasteiger partial charge is 0.317 e. The van der Waals surface area contributed by atoms with Crippen molar-refractivity contribution in [2.75, 3.05) is 39.9 Å². The van der Waals surface area contributed by atoms with Crippen LogP contribution in [0.1, 0.15) is 19.3 Å². The van der Waals surface area contributed by atoms with Gasteiger partial charge in [-0.25, -0.2) is 4.79 Å². The highest BCUT2D eigenvalue weighted by molar-refractivity contribution is 5.86. The van der Waals surface area contributed by atoms with Crippen LogP contribution in [-0.2, 0) is 14.3 Å². The molecule has 3 amide bonds. The summed E-state index contributed by atoms with van der Waals surface area (Å²) in [6.07, 6.45) is 1.47. The summed E-state index contributed by atoms with van der Waals surface area (Å²) < 4.78 is 4.88. The molecule has 0 aliphatic carbocycles. The zero-order valence-corrected chi connectivity index (χ0v) is 12.8. The second-order valence-electron chi connectivity index (χ2n) is 5.73. The van der Waals surface area contributed by atoms with E-state index in [1.165, 1.54) is 0 Å². The molecule has 8 heteroatoms. The Bertz CT molecular complexity index is 434. The molecule has 1 unspecified atom stereocenters. The van der Waals surface area contributed by atoms with Crippen molar-refractivity contribution in [1.82, 2.24) is 15.1 Å². The van der Waals surface area contributed by atoms with E-state index in [9.17, 15) is 14.4 Å². The first-order chi connectivity index (χ1) is 10.5. The average Bonchev–Trinajstić information content (AvgIpc) is 2.90. The van der Waals surface area contributed by atoms with Gasteiger partial charge in [0.05, 0.1) is 12.5 Å². The van der Waals surface area contributed by atoms with Crippen molar-refractivity contribution >= 4 is 17.9 Å². The van der Waals surface area contributed by atoms with E-state index in [4.69, 9.17) is 9.84 Å². The van der Waals surface area contributed by atoms with Crippen molar-refractivity contribution in [1.29, 1.82) is 0 Å². The van der Waals surface area contributed by atoms with Gasteiger partial charge in [-0.2, -0.15) is 0 Å². The molecule has 0 spiro atoms. The lowest BCUT2D eigenvalue weighted by Gasteiger charge is -2.36. The van der Waals surface area contributed by atoms with Crippen LogP contribution >= 0.6 is 0 Å². The summed E-state index contributed by atoms with van der Waals surface area (Å²) in [5, 5.41) is 11.8. The van der Waals surface area contributed by atoms with Crippen molar-refractivity contribution in [3.8, 4) is 0 Å². The third-order valence-corrected chi connectivity index (χ3v) is 4.28. The van der Waals surface area contributed by atoms with Gasteiger partial charge in [-0.15, -0.1) is 0 Å². The Balaban J connectivity index is 1.78. The molecule has 0 aromatic heterocycles. The number of rotatable bonds is 5. The Morgan fingerprint density at radius 2 is 2.05 bits per heavy atom. The lowest BCUT2D eigenvalue weighted by atomic mass is 10.0. The molecule has 2 fully saturated rings. The molecule has 2 heterocycles. The van der Waals surface area contributed by atoms with Crippen molar-refractivity contribution in [2.24, 2.45) is 5.92 Å². The fraction of sp³-hybridized carbons (Fsp3) is 0.786. The molecule has 0 radical (unpaired) electrons. The lowest BCUT2D eigenvalue weighted by molar-refractivity contribution is -0.141. The Kier molecular flexibility index (Phi) is 5.59. The van der Waals surface area contributed by atoms with Crippen LogP contribution in [0.2, 0.25) is 0 Å². The van der Waals surface area contributed by atoms with Gasteiger partial charge in [0, 0.05) is 45.8 Å². The van der Waals surface area contributed by atoms with Gasteiger partial charge in [0.15, 0.2) is 0 Å². The summed E-state index contributed by atoms with van der Waals surface area (Å²) in [6.45, 7) is 2.39. The maximum Gasteiger partial charge on any atom is 0.317 e. The predicted octanol–water partition coefficient (Wildman–Crippen LogP) is -0.260. The topological polar surface area (TPSA) is 99.2 Å². The van der Waals surface area contributed by atoms with E-state index in [-0.39, 0.29) is 24.4 Å². The van der Waals surface area contributed by atoms with Gasteiger partial charge in [-0.05, 0) is 12.8 Å². The molecule has 1 atom stereocenters. The molecule has 22 heavy (non-hydrogen) atoms. The molecular formula is C14H23N3O5. The molecule has 8 nitrogen and oxygen atoms in total. The highest BCUT2D eigenvalue weighted by Crippen LogP contribution is 2.25. The van der Waals surface area contributed by atoms with Gasteiger partial charge in [-0.3, -0.25) is 9.59 Å². The molecule has 0 aromatic carbocycles. The predicted molar refractivity (Wildman–Crippen MR) is 77.3 cm³/mol. The number of carboxylic acid groups (broad SMARTS) is 1. The number of likely N-dealkylation sites (tertiary alicyclic amines) is 2. The number of urea groups is 1. The number of amides is 3. The fourth-order valence-corrected chi connectivity index (χ4v) is 3.00. The number of piperidine rings is 1. The van der Waals surface area contributed by atoms with Gasteiger partial charge in [0.1, 0.15) is 0 Å². The molecule has 2 rings (SSSR count). The Hall–Kier alpha value is -1.83. The number of aliphatic carboxylic acids is 1. The van der Waals surface area contributed by atoms with Gasteiger partial charge in [0.25, 0.3) is 0 Å². The minimum atomic E-state index is -0.911. The van der Waals surface area contributed by atoms with Crippen LogP contribution in [0, 0.1) is 5.92 Å². The van der Waals surface area contributed by atoms with Crippen LogP contribution in [0.25, 0.3) is 0 Å². The number of carbonyl (C=O) groups excluding carboxylic acids is 2. The van der Waals surface area contributed by atoms with E-state index in [1.807, 2.05) is 0 Å². The molecule has 0 bridgehead atoms. The molecule has 0 aromatic rings. The number of hydrogen-bond donors (Lipinski definition) is 2. The second-order valence-corrected chi connectivity index (χ2v) is 5.73. The number of carboxylic acids is 1. The summed E-state index contributed by atoms with van der Waals surface area (Å²) >= 11 is 0. The van der Waals surface area contributed by atoms with Gasteiger partial charge < -0.3 is 25.0 Å². The van der Waals surface area contributed by atoms with Gasteiger partial charge >= 0.3 is 12.0 Å². The van der Waals surface area contributed by atoms with Crippen LogP contribution < -0.4 is 5.32 Å². The van der Waals surface area contributed by atoms with Crippen LogP contribution in [0.5, 0.6) is 0 Å². The highest BCUT2D eigenvalue weighted by Gasteiger charge is 2.39. The van der Waals surface area contributed by atoms with Crippen LogP contribution in [0.15, 0.2) is 0 Å². The van der Waals surface area contributed by atoms with Crippen LogP contribution in [0.3, 0.4) is 0 Å². The van der Waals surface area contributed by atoms with Crippen molar-refractivity contribution in [3.63, 3.8) is 0 Å². The maximum absolute atomic E-state index is 11.9. The monoisotopic (exact) mass is 313 g/mol. The first-order valence-electron chi connectivity index (χ1n) is 7.57. The van der Waals surface area contributed by atoms with Gasteiger partial charge in [-0.1, -0.05) is 0 Å². The van der Waals surface area contributed by atoms with Crippen molar-refractivity contribution in [2.45, 2.75) is 25.3 Å². The van der Waals surface area contributed by atoms with Crippen molar-refractivity contribution < 1.29 is 24.2 Å². The lowest BCUT2D eigenvalue weighted by Crippen LogP contribution is -2.50. The number of methoxy groups -OCH3 is 1. The minimum absolute atomic E-state index is 0.0416.